The molecular weight excluding hydrogens is 400 g/mol. The van der Waals surface area contributed by atoms with Gasteiger partial charge in [-0.25, -0.2) is 9.78 Å². The molecule has 3 aromatic rings. The molecule has 0 spiro atoms. The molecule has 0 unspecified atom stereocenters. The third-order valence-electron chi connectivity index (χ3n) is 4.45. The third kappa shape index (κ3) is 6.48. The maximum absolute atomic E-state index is 11.2. The summed E-state index contributed by atoms with van der Waals surface area (Å²) in [6, 6.07) is 16.0. The predicted octanol–water partition coefficient (Wildman–Crippen LogP) is 1.83. The van der Waals surface area contributed by atoms with Gasteiger partial charge in [0, 0.05) is 25.6 Å². The zero-order valence-corrected chi connectivity index (χ0v) is 16.8. The average molecular weight is 424 g/mol. The largest absolute Gasteiger partial charge is 0.487 e. The van der Waals surface area contributed by atoms with Crippen molar-refractivity contribution in [3.63, 3.8) is 0 Å². The molecule has 2 aromatic heterocycles. The Morgan fingerprint density at radius 1 is 1.06 bits per heavy atom. The number of nitrogens with two attached hydrogens (primary N) is 1. The van der Waals surface area contributed by atoms with Gasteiger partial charge in [0.15, 0.2) is 0 Å². The highest BCUT2D eigenvalue weighted by Crippen LogP contribution is 2.21. The summed E-state index contributed by atoms with van der Waals surface area (Å²) >= 11 is 0. The molecule has 0 aliphatic carbocycles. The molecule has 0 amide bonds. The number of rotatable bonds is 11. The Labute approximate surface area is 179 Å². The van der Waals surface area contributed by atoms with Gasteiger partial charge in [-0.3, -0.25) is 4.98 Å². The molecule has 0 atom stereocenters. The predicted molar refractivity (Wildman–Crippen MR) is 112 cm³/mol. The van der Waals surface area contributed by atoms with Gasteiger partial charge >= 0.3 is 5.97 Å². The van der Waals surface area contributed by atoms with Crippen molar-refractivity contribution in [1.29, 1.82) is 0 Å². The van der Waals surface area contributed by atoms with Crippen LogP contribution in [0.5, 0.6) is 11.6 Å². The molecule has 162 valence electrons. The Balaban J connectivity index is 1.61. The number of carboxylic acids is 1. The van der Waals surface area contributed by atoms with E-state index in [0.717, 1.165) is 5.56 Å². The monoisotopic (exact) mass is 424 g/mol. The van der Waals surface area contributed by atoms with E-state index in [-0.39, 0.29) is 18.1 Å². The van der Waals surface area contributed by atoms with Crippen molar-refractivity contribution < 1.29 is 24.6 Å². The highest BCUT2D eigenvalue weighted by atomic mass is 16.6. The van der Waals surface area contributed by atoms with E-state index < -0.39 is 5.97 Å². The minimum Gasteiger partial charge on any atom is -0.487 e. The van der Waals surface area contributed by atoms with E-state index in [4.69, 9.17) is 15.5 Å². The van der Waals surface area contributed by atoms with Crippen molar-refractivity contribution in [3.8, 4) is 11.6 Å². The van der Waals surface area contributed by atoms with Crippen LogP contribution in [0.3, 0.4) is 0 Å². The molecular formula is C22H24N4O5. The molecule has 0 fully saturated rings. The molecule has 3 rings (SSSR count). The summed E-state index contributed by atoms with van der Waals surface area (Å²) in [7, 11) is 0. The van der Waals surface area contributed by atoms with E-state index in [9.17, 15) is 15.0 Å². The molecule has 0 saturated heterocycles. The number of benzene rings is 1. The van der Waals surface area contributed by atoms with Crippen molar-refractivity contribution in [2.75, 3.05) is 6.54 Å². The summed E-state index contributed by atoms with van der Waals surface area (Å²) in [6.07, 6.45) is 0.521. The Bertz CT molecular complexity index is 1010. The van der Waals surface area contributed by atoms with Gasteiger partial charge in [0.05, 0.1) is 29.3 Å². The second kappa shape index (κ2) is 11.0. The van der Waals surface area contributed by atoms with Gasteiger partial charge in [-0.05, 0) is 23.8 Å². The minimum atomic E-state index is -1.07. The van der Waals surface area contributed by atoms with E-state index in [0.29, 0.717) is 48.9 Å². The maximum Gasteiger partial charge on any atom is 0.335 e. The molecule has 31 heavy (non-hydrogen) atoms. The fourth-order valence-electron chi connectivity index (χ4n) is 2.95. The number of carbonyl (C=O) groups is 1. The van der Waals surface area contributed by atoms with Crippen LogP contribution in [0.25, 0.3) is 0 Å². The number of nitrogens with zero attached hydrogens (tertiary/aromatic N) is 2. The number of carboxylic acid groups (broad SMARTS) is 1. The summed E-state index contributed by atoms with van der Waals surface area (Å²) in [5.74, 6) is 5.07. The summed E-state index contributed by atoms with van der Waals surface area (Å²) < 4.78 is 5.92. The smallest absolute Gasteiger partial charge is 0.335 e. The summed E-state index contributed by atoms with van der Waals surface area (Å²) in [4.78, 5) is 24.6. The van der Waals surface area contributed by atoms with Crippen LogP contribution in [0, 0.1) is 0 Å². The van der Waals surface area contributed by atoms with Crippen molar-refractivity contribution >= 4 is 5.97 Å². The molecule has 0 aliphatic heterocycles. The number of aliphatic hydroxyl groups is 1. The van der Waals surface area contributed by atoms with Gasteiger partial charge in [-0.2, -0.15) is 5.90 Å². The first-order chi connectivity index (χ1) is 15.1. The lowest BCUT2D eigenvalue weighted by Gasteiger charge is -2.12. The third-order valence-corrected chi connectivity index (χ3v) is 4.45. The topological polar surface area (TPSA) is 140 Å². The number of nitrogens with one attached hydrogen (secondary N) is 1. The lowest BCUT2D eigenvalue weighted by Crippen LogP contribution is -2.19. The maximum atomic E-state index is 11.2. The van der Waals surface area contributed by atoms with Gasteiger partial charge in [0.2, 0.25) is 5.88 Å². The fourth-order valence-corrected chi connectivity index (χ4v) is 2.95. The van der Waals surface area contributed by atoms with Crippen molar-refractivity contribution in [2.24, 2.45) is 5.90 Å². The lowest BCUT2D eigenvalue weighted by atomic mass is 10.2. The van der Waals surface area contributed by atoms with Gasteiger partial charge in [-0.1, -0.05) is 30.3 Å². The van der Waals surface area contributed by atoms with Crippen molar-refractivity contribution in [2.45, 2.75) is 26.2 Å². The highest BCUT2D eigenvalue weighted by Gasteiger charge is 2.10. The second-order valence-corrected chi connectivity index (χ2v) is 6.71. The summed E-state index contributed by atoms with van der Waals surface area (Å²) in [6.45, 7) is 0.936. The van der Waals surface area contributed by atoms with Crippen LogP contribution in [-0.2, 0) is 26.2 Å². The molecule has 1 aromatic carbocycles. The number of aromatic nitrogens is 2. The Morgan fingerprint density at radius 3 is 2.55 bits per heavy atom. The van der Waals surface area contributed by atoms with Gasteiger partial charge in [0.1, 0.15) is 12.4 Å². The Morgan fingerprint density at radius 2 is 1.84 bits per heavy atom. The minimum absolute atomic E-state index is 0.0851. The molecule has 0 saturated carbocycles. The van der Waals surface area contributed by atoms with Crippen LogP contribution >= 0.6 is 0 Å². The first-order valence-corrected chi connectivity index (χ1v) is 9.67. The Kier molecular flexibility index (Phi) is 7.88. The van der Waals surface area contributed by atoms with Crippen LogP contribution in [0.4, 0.5) is 0 Å². The standard InChI is InChI=1S/C22H24N4O5/c23-31-21-7-6-20(30-14-15-4-2-1-3-5-15)19(26-21)8-9-24-12-17-10-16(22(28)29)11-18(13-27)25-17/h1-7,10-11,24,27H,8-9,12-14,23H2,(H,28,29). The first kappa shape index (κ1) is 22.2. The van der Waals surface area contributed by atoms with Crippen molar-refractivity contribution in [3.05, 3.63) is 82.8 Å². The van der Waals surface area contributed by atoms with Crippen LogP contribution in [0.15, 0.2) is 54.6 Å². The van der Waals surface area contributed by atoms with Crippen LogP contribution < -0.4 is 20.8 Å². The van der Waals surface area contributed by atoms with E-state index >= 15 is 0 Å². The summed E-state index contributed by atoms with van der Waals surface area (Å²) in [5, 5.41) is 21.7. The van der Waals surface area contributed by atoms with Gasteiger partial charge < -0.3 is 25.1 Å². The average Bonchev–Trinajstić information content (AvgIpc) is 2.81. The second-order valence-electron chi connectivity index (χ2n) is 6.71. The normalized spacial score (nSPS) is 10.6. The summed E-state index contributed by atoms with van der Waals surface area (Å²) in [5.41, 5.74) is 2.63. The molecule has 2 heterocycles. The zero-order chi connectivity index (χ0) is 22.1. The van der Waals surface area contributed by atoms with Gasteiger partial charge in [0.25, 0.3) is 0 Å². The van der Waals surface area contributed by atoms with E-state index in [1.54, 1.807) is 12.1 Å². The van der Waals surface area contributed by atoms with Crippen molar-refractivity contribution in [1.82, 2.24) is 15.3 Å². The lowest BCUT2D eigenvalue weighted by molar-refractivity contribution is 0.0696. The highest BCUT2D eigenvalue weighted by molar-refractivity contribution is 5.87. The number of aromatic carboxylic acids is 1. The molecule has 9 heteroatoms. The van der Waals surface area contributed by atoms with Crippen LogP contribution in [-0.4, -0.2) is 32.7 Å². The molecule has 0 aliphatic rings. The van der Waals surface area contributed by atoms with E-state index in [1.807, 2.05) is 30.3 Å². The van der Waals surface area contributed by atoms with E-state index in [2.05, 4.69) is 15.3 Å². The number of hydrogen-bond donors (Lipinski definition) is 4. The zero-order valence-electron chi connectivity index (χ0n) is 16.8. The molecule has 0 bridgehead atoms. The number of hydrogen-bond acceptors (Lipinski definition) is 8. The number of aliphatic hydroxyl groups excluding tert-OH is 1. The van der Waals surface area contributed by atoms with Crippen LogP contribution in [0.1, 0.15) is 33.0 Å². The van der Waals surface area contributed by atoms with Crippen LogP contribution in [0.2, 0.25) is 0 Å². The molecule has 5 N–H and O–H groups in total. The van der Waals surface area contributed by atoms with E-state index in [1.165, 1.54) is 12.1 Å². The quantitative estimate of drug-likeness (QED) is 0.268. The number of ether oxygens (including phenoxy) is 1. The Hall–Kier alpha value is -3.53. The van der Waals surface area contributed by atoms with Gasteiger partial charge in [-0.15, -0.1) is 0 Å². The first-order valence-electron chi connectivity index (χ1n) is 9.67. The molecule has 0 radical (unpaired) electrons. The SMILES string of the molecule is NOc1ccc(OCc2ccccc2)c(CCNCc2cc(C(=O)O)cc(CO)n2)n1. The number of pyridine rings is 2. The fraction of sp³-hybridized carbons (Fsp3) is 0.227. The molecule has 9 nitrogen and oxygen atoms in total.